The molecule has 1 aromatic carbocycles. The van der Waals surface area contributed by atoms with Gasteiger partial charge in [-0.1, -0.05) is 32.0 Å². The van der Waals surface area contributed by atoms with Gasteiger partial charge in [-0.15, -0.1) is 11.6 Å². The lowest BCUT2D eigenvalue weighted by molar-refractivity contribution is 0.381. The van der Waals surface area contributed by atoms with Crippen LogP contribution in [-0.2, 0) is 4.57 Å². The summed E-state index contributed by atoms with van der Waals surface area (Å²) in [6.07, 6.45) is -0.0382. The second kappa shape index (κ2) is 8.54. The zero-order valence-electron chi connectivity index (χ0n) is 10.0. The SMILES string of the molecule is CC(C)N.O=P(O)(CCCl)Oc1ccccc1. The van der Waals surface area contributed by atoms with Crippen LogP contribution in [0.5, 0.6) is 5.75 Å². The van der Waals surface area contributed by atoms with Gasteiger partial charge in [0.1, 0.15) is 5.75 Å². The van der Waals surface area contributed by atoms with Crippen molar-refractivity contribution in [3.8, 4) is 5.75 Å². The van der Waals surface area contributed by atoms with Gasteiger partial charge in [-0.3, -0.25) is 0 Å². The van der Waals surface area contributed by atoms with Gasteiger partial charge < -0.3 is 15.2 Å². The van der Waals surface area contributed by atoms with Crippen molar-refractivity contribution in [2.75, 3.05) is 12.0 Å². The van der Waals surface area contributed by atoms with Gasteiger partial charge in [0.2, 0.25) is 0 Å². The van der Waals surface area contributed by atoms with Crippen molar-refractivity contribution < 1.29 is 14.0 Å². The molecule has 0 aliphatic carbocycles. The van der Waals surface area contributed by atoms with Gasteiger partial charge >= 0.3 is 7.60 Å². The summed E-state index contributed by atoms with van der Waals surface area (Å²) >= 11 is 5.34. The predicted octanol–water partition coefficient (Wildman–Crippen LogP) is 2.84. The zero-order chi connectivity index (χ0) is 13.3. The van der Waals surface area contributed by atoms with Crippen LogP contribution in [0.2, 0.25) is 0 Å². The fourth-order valence-corrected chi connectivity index (χ4v) is 2.20. The van der Waals surface area contributed by atoms with Gasteiger partial charge in [0.15, 0.2) is 0 Å². The molecule has 98 valence electrons. The Kier molecular flexibility index (Phi) is 8.26. The molecule has 0 saturated heterocycles. The average molecular weight is 280 g/mol. The Labute approximate surface area is 107 Å². The van der Waals surface area contributed by atoms with Crippen LogP contribution in [0, 0.1) is 0 Å². The van der Waals surface area contributed by atoms with E-state index in [2.05, 4.69) is 0 Å². The Morgan fingerprint density at radius 3 is 2.29 bits per heavy atom. The monoisotopic (exact) mass is 279 g/mol. The highest BCUT2D eigenvalue weighted by Gasteiger charge is 2.19. The van der Waals surface area contributed by atoms with Crippen molar-refractivity contribution in [3.05, 3.63) is 30.3 Å². The summed E-state index contributed by atoms with van der Waals surface area (Å²) in [7, 11) is -3.55. The Morgan fingerprint density at radius 2 is 1.88 bits per heavy atom. The van der Waals surface area contributed by atoms with E-state index in [-0.39, 0.29) is 12.0 Å². The quantitative estimate of drug-likeness (QED) is 0.657. The Bertz CT molecular complexity index is 343. The molecular weight excluding hydrogens is 261 g/mol. The molecule has 0 bridgehead atoms. The van der Waals surface area contributed by atoms with Gasteiger partial charge in [0.25, 0.3) is 0 Å². The number of halogens is 1. The summed E-state index contributed by atoms with van der Waals surface area (Å²) in [4.78, 5) is 9.22. The van der Waals surface area contributed by atoms with Crippen LogP contribution in [0.3, 0.4) is 0 Å². The van der Waals surface area contributed by atoms with Crippen LogP contribution in [-0.4, -0.2) is 23.0 Å². The summed E-state index contributed by atoms with van der Waals surface area (Å²) in [5.74, 6) is 0.499. The Hall–Kier alpha value is -0.540. The van der Waals surface area contributed by atoms with E-state index in [0.29, 0.717) is 11.8 Å². The minimum absolute atomic E-state index is 0.0382. The van der Waals surface area contributed by atoms with Gasteiger partial charge in [0, 0.05) is 5.88 Å². The molecule has 0 fully saturated rings. The molecule has 0 aromatic heterocycles. The number of nitrogens with two attached hydrogens (primary N) is 1. The van der Waals surface area contributed by atoms with Crippen molar-refractivity contribution in [1.29, 1.82) is 0 Å². The third kappa shape index (κ3) is 10.3. The van der Waals surface area contributed by atoms with E-state index < -0.39 is 7.60 Å². The predicted molar refractivity (Wildman–Crippen MR) is 71.8 cm³/mol. The summed E-state index contributed by atoms with van der Waals surface area (Å²) in [5.41, 5.74) is 5.11. The molecule has 0 saturated carbocycles. The molecule has 0 amide bonds. The van der Waals surface area contributed by atoms with Crippen LogP contribution in [0.1, 0.15) is 13.8 Å². The maximum Gasteiger partial charge on any atom is 0.377 e. The Balaban J connectivity index is 0.000000557. The van der Waals surface area contributed by atoms with E-state index in [1.807, 2.05) is 13.8 Å². The number of para-hydroxylation sites is 1. The molecule has 1 unspecified atom stereocenters. The highest BCUT2D eigenvalue weighted by molar-refractivity contribution is 7.53. The minimum atomic E-state index is -3.55. The molecule has 3 N–H and O–H groups in total. The van der Waals surface area contributed by atoms with Gasteiger partial charge in [-0.25, -0.2) is 4.57 Å². The number of benzene rings is 1. The molecule has 17 heavy (non-hydrogen) atoms. The fraction of sp³-hybridized carbons (Fsp3) is 0.455. The van der Waals surface area contributed by atoms with Crippen LogP contribution in [0.15, 0.2) is 30.3 Å². The van der Waals surface area contributed by atoms with Crippen molar-refractivity contribution in [2.45, 2.75) is 19.9 Å². The molecule has 1 atom stereocenters. The summed E-state index contributed by atoms with van der Waals surface area (Å²) in [6, 6.07) is 8.84. The number of rotatable bonds is 4. The first kappa shape index (κ1) is 16.5. The van der Waals surface area contributed by atoms with Crippen LogP contribution < -0.4 is 10.3 Å². The summed E-state index contributed by atoms with van der Waals surface area (Å²) < 4.78 is 16.1. The smallest absolute Gasteiger partial charge is 0.377 e. The van der Waals surface area contributed by atoms with E-state index in [4.69, 9.17) is 21.9 Å². The lowest BCUT2D eigenvalue weighted by Gasteiger charge is -2.11. The van der Waals surface area contributed by atoms with Gasteiger partial charge in [0.05, 0.1) is 6.16 Å². The second-order valence-electron chi connectivity index (χ2n) is 3.70. The topological polar surface area (TPSA) is 72.6 Å². The molecule has 4 nitrogen and oxygen atoms in total. The Morgan fingerprint density at radius 1 is 1.41 bits per heavy atom. The molecule has 0 radical (unpaired) electrons. The third-order valence-electron chi connectivity index (χ3n) is 1.36. The first-order valence-electron chi connectivity index (χ1n) is 5.25. The van der Waals surface area contributed by atoms with E-state index >= 15 is 0 Å². The first-order chi connectivity index (χ1) is 7.87. The molecule has 1 rings (SSSR count). The lowest BCUT2D eigenvalue weighted by atomic mass is 10.3. The van der Waals surface area contributed by atoms with Crippen molar-refractivity contribution in [3.63, 3.8) is 0 Å². The van der Waals surface area contributed by atoms with E-state index in [1.54, 1.807) is 30.3 Å². The van der Waals surface area contributed by atoms with Crippen molar-refractivity contribution in [2.24, 2.45) is 5.73 Å². The molecule has 0 spiro atoms. The molecule has 1 aromatic rings. The maximum absolute atomic E-state index is 11.2. The normalized spacial score (nSPS) is 13.5. The van der Waals surface area contributed by atoms with Crippen LogP contribution in [0.4, 0.5) is 0 Å². The molecule has 0 aliphatic rings. The maximum atomic E-state index is 11.2. The van der Waals surface area contributed by atoms with E-state index in [0.717, 1.165) is 0 Å². The summed E-state index contributed by atoms with van der Waals surface area (Å²) in [5, 5.41) is 0. The van der Waals surface area contributed by atoms with E-state index in [9.17, 15) is 9.46 Å². The zero-order valence-corrected chi connectivity index (χ0v) is 11.7. The van der Waals surface area contributed by atoms with Crippen molar-refractivity contribution >= 4 is 19.2 Å². The highest BCUT2D eigenvalue weighted by Crippen LogP contribution is 2.42. The molecule has 0 heterocycles. The molecule has 6 heteroatoms. The highest BCUT2D eigenvalue weighted by atomic mass is 35.5. The van der Waals surface area contributed by atoms with Gasteiger partial charge in [-0.2, -0.15) is 0 Å². The lowest BCUT2D eigenvalue weighted by Crippen LogP contribution is -2.06. The standard InChI is InChI=1S/C8H10ClO3P.C3H9N/c9-6-7-13(10,11)12-8-4-2-1-3-5-8;1-3(2)4/h1-5H,6-7H2,(H,10,11);3H,4H2,1-2H3. The average Bonchev–Trinajstić information content (AvgIpc) is 2.17. The molecule has 0 aliphatic heterocycles. The third-order valence-corrected chi connectivity index (χ3v) is 3.10. The largest absolute Gasteiger partial charge is 0.424 e. The van der Waals surface area contributed by atoms with E-state index in [1.165, 1.54) is 0 Å². The van der Waals surface area contributed by atoms with Crippen molar-refractivity contribution in [1.82, 2.24) is 0 Å². The summed E-state index contributed by atoms with van der Waals surface area (Å²) in [6.45, 7) is 3.89. The number of hydrogen-bond acceptors (Lipinski definition) is 3. The molecular formula is C11H19ClNO3P. The number of alkyl halides is 1. The van der Waals surface area contributed by atoms with Crippen LogP contribution >= 0.6 is 19.2 Å². The second-order valence-corrected chi connectivity index (χ2v) is 5.98. The van der Waals surface area contributed by atoms with Gasteiger partial charge in [-0.05, 0) is 18.2 Å². The minimum Gasteiger partial charge on any atom is -0.424 e. The first-order valence-corrected chi connectivity index (χ1v) is 7.55. The fourth-order valence-electron chi connectivity index (χ4n) is 0.799. The number of hydrogen-bond donors (Lipinski definition) is 2. The van der Waals surface area contributed by atoms with Crippen LogP contribution in [0.25, 0.3) is 0 Å².